The number of benzene rings is 1. The number of hydrogen-bond acceptors (Lipinski definition) is 5. The number of rotatable bonds is 7. The molecule has 8 heteroatoms. The van der Waals surface area contributed by atoms with E-state index in [2.05, 4.69) is 63.9 Å². The second kappa shape index (κ2) is 9.85. The maximum absolute atomic E-state index is 12.5. The van der Waals surface area contributed by atoms with Gasteiger partial charge in [-0.2, -0.15) is 0 Å². The minimum Gasteiger partial charge on any atom is -0.465 e. The van der Waals surface area contributed by atoms with Crippen LogP contribution in [0.1, 0.15) is 41.7 Å². The lowest BCUT2D eigenvalue weighted by atomic mass is 9.97. The highest BCUT2D eigenvalue weighted by Gasteiger charge is 2.42. The van der Waals surface area contributed by atoms with E-state index in [0.717, 1.165) is 34.0 Å². The van der Waals surface area contributed by atoms with E-state index >= 15 is 0 Å². The molecule has 1 aliphatic rings. The zero-order valence-corrected chi connectivity index (χ0v) is 21.1. The molecule has 1 aliphatic heterocycles. The Kier molecular flexibility index (Phi) is 6.88. The molecular weight excluding hydrogens is 446 g/mol. The highest BCUT2D eigenvalue weighted by Crippen LogP contribution is 2.41. The van der Waals surface area contributed by atoms with Gasteiger partial charge in [0, 0.05) is 43.1 Å². The Morgan fingerprint density at radius 2 is 1.91 bits per heavy atom. The summed E-state index contributed by atoms with van der Waals surface area (Å²) in [5, 5.41) is 3.93. The second-order valence-corrected chi connectivity index (χ2v) is 9.02. The van der Waals surface area contributed by atoms with E-state index < -0.39 is 0 Å². The Morgan fingerprint density at radius 1 is 1.18 bits per heavy atom. The van der Waals surface area contributed by atoms with Gasteiger partial charge in [0.15, 0.2) is 5.11 Å². The van der Waals surface area contributed by atoms with Crippen LogP contribution in [0.3, 0.4) is 0 Å². The molecule has 0 radical (unpaired) electrons. The predicted molar refractivity (Wildman–Crippen MR) is 138 cm³/mol. The summed E-state index contributed by atoms with van der Waals surface area (Å²) in [6.07, 6.45) is 1.78. The van der Waals surface area contributed by atoms with Crippen LogP contribution in [0.4, 0.5) is 5.69 Å². The Labute approximate surface area is 206 Å². The first kappa shape index (κ1) is 23.8. The Hall–Kier alpha value is -3.39. The molecule has 2 unspecified atom stereocenters. The fourth-order valence-corrected chi connectivity index (χ4v) is 4.95. The van der Waals surface area contributed by atoms with E-state index in [9.17, 15) is 4.79 Å². The Morgan fingerprint density at radius 3 is 2.53 bits per heavy atom. The van der Waals surface area contributed by atoms with Gasteiger partial charge >= 0.3 is 5.97 Å². The summed E-state index contributed by atoms with van der Waals surface area (Å²) in [7, 11) is 4.07. The van der Waals surface area contributed by atoms with Crippen molar-refractivity contribution in [3.05, 3.63) is 77.4 Å². The topological polar surface area (TPSA) is 62.6 Å². The highest BCUT2D eigenvalue weighted by atomic mass is 32.1. The quantitative estimate of drug-likeness (QED) is 0.406. The standard InChI is InChI=1S/C26H31N5O2S/c1-6-33-23(32)16-30-25(24(28-26(30)34)22-9-7-8-14-27-22)21-15-17(2)31(18(21)3)20-12-10-19(11-13-20)29(4)5/h7-15,24-25H,6,16H2,1-5H3,(H,28,34). The number of anilines is 1. The molecule has 7 nitrogen and oxygen atoms in total. The van der Waals surface area contributed by atoms with E-state index in [1.54, 1.807) is 6.20 Å². The fraction of sp³-hybridized carbons (Fsp3) is 0.346. The summed E-state index contributed by atoms with van der Waals surface area (Å²) in [5.74, 6) is -0.300. The molecule has 34 heavy (non-hydrogen) atoms. The van der Waals surface area contributed by atoms with Crippen LogP contribution in [0, 0.1) is 13.8 Å². The van der Waals surface area contributed by atoms with Gasteiger partial charge in [0.25, 0.3) is 0 Å². The third-order valence-corrected chi connectivity index (χ3v) is 6.57. The van der Waals surface area contributed by atoms with Crippen molar-refractivity contribution in [3.8, 4) is 5.69 Å². The fourth-order valence-electron chi connectivity index (χ4n) is 4.64. The Balaban J connectivity index is 1.78. The number of esters is 1. The van der Waals surface area contributed by atoms with E-state index in [0.29, 0.717) is 11.7 Å². The molecule has 0 bridgehead atoms. The van der Waals surface area contributed by atoms with Gasteiger partial charge in [0.2, 0.25) is 0 Å². The van der Waals surface area contributed by atoms with Gasteiger partial charge < -0.3 is 24.4 Å². The number of nitrogens with one attached hydrogen (secondary N) is 1. The normalized spacial score (nSPS) is 17.6. The van der Waals surface area contributed by atoms with E-state index in [-0.39, 0.29) is 24.6 Å². The largest absolute Gasteiger partial charge is 0.465 e. The van der Waals surface area contributed by atoms with E-state index in [1.165, 1.54) is 0 Å². The monoisotopic (exact) mass is 477 g/mol. The number of thiocarbonyl (C=S) groups is 1. The van der Waals surface area contributed by atoms with Gasteiger partial charge in [0.1, 0.15) is 6.54 Å². The summed E-state index contributed by atoms with van der Waals surface area (Å²) in [6.45, 7) is 6.43. The summed E-state index contributed by atoms with van der Waals surface area (Å²) in [5.41, 5.74) is 6.42. The number of pyridine rings is 1. The molecule has 1 N–H and O–H groups in total. The molecule has 4 rings (SSSR count). The van der Waals surface area contributed by atoms with Crippen LogP contribution in [0.15, 0.2) is 54.7 Å². The van der Waals surface area contributed by atoms with Crippen LogP contribution in [0.2, 0.25) is 0 Å². The number of hydrogen-bond donors (Lipinski definition) is 1. The van der Waals surface area contributed by atoms with Gasteiger partial charge in [-0.05, 0) is 81.0 Å². The van der Waals surface area contributed by atoms with Gasteiger partial charge in [-0.25, -0.2) is 0 Å². The van der Waals surface area contributed by atoms with Crippen molar-refractivity contribution in [1.82, 2.24) is 19.8 Å². The minimum absolute atomic E-state index is 0.0782. The van der Waals surface area contributed by atoms with Crippen molar-refractivity contribution >= 4 is 29.0 Å². The van der Waals surface area contributed by atoms with Gasteiger partial charge in [-0.3, -0.25) is 9.78 Å². The van der Waals surface area contributed by atoms with Gasteiger partial charge in [0.05, 0.1) is 24.4 Å². The first-order chi connectivity index (χ1) is 16.3. The summed E-state index contributed by atoms with van der Waals surface area (Å²) < 4.78 is 7.49. The number of aryl methyl sites for hydroxylation is 1. The van der Waals surface area contributed by atoms with Crippen molar-refractivity contribution in [1.29, 1.82) is 0 Å². The van der Waals surface area contributed by atoms with Gasteiger partial charge in [-0.15, -0.1) is 0 Å². The molecule has 3 heterocycles. The summed E-state index contributed by atoms with van der Waals surface area (Å²) >= 11 is 5.68. The lowest BCUT2D eigenvalue weighted by molar-refractivity contribution is -0.143. The molecular formula is C26H31N5O2S. The number of aromatic nitrogens is 2. The molecule has 178 valence electrons. The van der Waals surface area contributed by atoms with E-state index in [1.807, 2.05) is 44.1 Å². The molecule has 1 fully saturated rings. The van der Waals surface area contributed by atoms with Crippen molar-refractivity contribution < 1.29 is 9.53 Å². The number of nitrogens with zero attached hydrogens (tertiary/aromatic N) is 4. The SMILES string of the molecule is CCOC(=O)CN1C(=S)NC(c2ccccn2)C1c1cc(C)n(-c2ccc(N(C)C)cc2)c1C. The zero-order valence-electron chi connectivity index (χ0n) is 20.3. The predicted octanol–water partition coefficient (Wildman–Crippen LogP) is 4.09. The molecule has 1 aromatic carbocycles. The molecule has 3 aromatic rings. The number of carbonyl (C=O) groups excluding carboxylic acids is 1. The molecule has 0 spiro atoms. The molecule has 2 aromatic heterocycles. The summed E-state index contributed by atoms with van der Waals surface area (Å²) in [6, 6.07) is 16.1. The van der Waals surface area contributed by atoms with Crippen LogP contribution in [0.5, 0.6) is 0 Å². The van der Waals surface area contributed by atoms with Crippen LogP contribution in [-0.4, -0.2) is 52.8 Å². The van der Waals surface area contributed by atoms with Crippen molar-refractivity contribution in [2.24, 2.45) is 0 Å². The maximum Gasteiger partial charge on any atom is 0.325 e. The smallest absolute Gasteiger partial charge is 0.325 e. The molecule has 1 saturated heterocycles. The third-order valence-electron chi connectivity index (χ3n) is 6.22. The van der Waals surface area contributed by atoms with E-state index in [4.69, 9.17) is 17.0 Å². The highest BCUT2D eigenvalue weighted by molar-refractivity contribution is 7.80. The van der Waals surface area contributed by atoms with Gasteiger partial charge in [-0.1, -0.05) is 6.07 Å². The van der Waals surface area contributed by atoms with Crippen LogP contribution >= 0.6 is 12.2 Å². The molecule has 2 atom stereocenters. The maximum atomic E-state index is 12.5. The van der Waals surface area contributed by atoms with Crippen molar-refractivity contribution in [2.75, 3.05) is 32.1 Å². The summed E-state index contributed by atoms with van der Waals surface area (Å²) in [4.78, 5) is 21.0. The van der Waals surface area contributed by atoms with Crippen molar-refractivity contribution in [3.63, 3.8) is 0 Å². The minimum atomic E-state index is -0.300. The average molecular weight is 478 g/mol. The lowest BCUT2D eigenvalue weighted by Gasteiger charge is -2.27. The molecule has 0 amide bonds. The first-order valence-corrected chi connectivity index (χ1v) is 11.8. The number of carbonyl (C=O) groups is 1. The molecule has 0 aliphatic carbocycles. The first-order valence-electron chi connectivity index (χ1n) is 11.4. The second-order valence-electron chi connectivity index (χ2n) is 8.63. The van der Waals surface area contributed by atoms with Crippen LogP contribution in [-0.2, 0) is 9.53 Å². The Bertz CT molecular complexity index is 1170. The third kappa shape index (κ3) is 4.50. The average Bonchev–Trinajstić information content (AvgIpc) is 3.29. The number of ether oxygens (including phenoxy) is 1. The van der Waals surface area contributed by atoms with Crippen LogP contribution < -0.4 is 10.2 Å². The zero-order chi connectivity index (χ0) is 24.4. The van der Waals surface area contributed by atoms with Crippen LogP contribution in [0.25, 0.3) is 5.69 Å². The van der Waals surface area contributed by atoms with Crippen molar-refractivity contribution in [2.45, 2.75) is 32.9 Å². The molecule has 0 saturated carbocycles. The lowest BCUT2D eigenvalue weighted by Crippen LogP contribution is -2.35.